The second kappa shape index (κ2) is 5.61. The van der Waals surface area contributed by atoms with Crippen LogP contribution < -0.4 is 5.32 Å². The molecule has 0 spiro atoms. The fourth-order valence-electron chi connectivity index (χ4n) is 2.74. The molecule has 2 aromatic heterocycles. The Balaban J connectivity index is 1.50. The number of rotatable bonds is 5. The second-order valence-corrected chi connectivity index (χ2v) is 5.34. The minimum atomic E-state index is 0.626. The van der Waals surface area contributed by atoms with Crippen molar-refractivity contribution in [1.29, 1.82) is 0 Å². The maximum Gasteiger partial charge on any atom is 0.117 e. The molecule has 3 rings (SSSR count). The highest BCUT2D eigenvalue weighted by molar-refractivity contribution is 5.06. The third-order valence-electron chi connectivity index (χ3n) is 3.76. The highest BCUT2D eigenvalue weighted by Crippen LogP contribution is 2.28. The standard InChI is InChI=1S/C15H21N3O/c1-12-6-7-15(19-12)11-16-10-13-8-9-18(17-13)14-4-2-3-5-14/h6-9,14,16H,2-5,10-11H2,1H3. The Hall–Kier alpha value is -1.55. The normalized spacial score (nSPS) is 16.3. The number of nitrogens with one attached hydrogen (secondary N) is 1. The van der Waals surface area contributed by atoms with E-state index >= 15 is 0 Å². The van der Waals surface area contributed by atoms with E-state index in [2.05, 4.69) is 27.4 Å². The van der Waals surface area contributed by atoms with E-state index in [0.717, 1.165) is 30.3 Å². The summed E-state index contributed by atoms with van der Waals surface area (Å²) in [5, 5.41) is 8.02. The molecular formula is C15H21N3O. The van der Waals surface area contributed by atoms with Crippen LogP contribution in [0.4, 0.5) is 0 Å². The Kier molecular flexibility index (Phi) is 3.69. The van der Waals surface area contributed by atoms with Crippen LogP contribution in [0.5, 0.6) is 0 Å². The van der Waals surface area contributed by atoms with Gasteiger partial charge in [0.15, 0.2) is 0 Å². The van der Waals surface area contributed by atoms with Crippen LogP contribution >= 0.6 is 0 Å². The highest BCUT2D eigenvalue weighted by atomic mass is 16.3. The van der Waals surface area contributed by atoms with Crippen molar-refractivity contribution in [3.05, 3.63) is 41.6 Å². The molecule has 0 aromatic carbocycles. The first-order chi connectivity index (χ1) is 9.31. The van der Waals surface area contributed by atoms with Crippen molar-refractivity contribution in [2.75, 3.05) is 0 Å². The third-order valence-corrected chi connectivity index (χ3v) is 3.76. The molecule has 1 saturated carbocycles. The highest BCUT2D eigenvalue weighted by Gasteiger charge is 2.17. The number of hydrogen-bond donors (Lipinski definition) is 1. The summed E-state index contributed by atoms with van der Waals surface area (Å²) in [7, 11) is 0. The summed E-state index contributed by atoms with van der Waals surface area (Å²) in [6.45, 7) is 3.51. The molecule has 2 heterocycles. The summed E-state index contributed by atoms with van der Waals surface area (Å²) in [6, 6.07) is 6.74. The van der Waals surface area contributed by atoms with Gasteiger partial charge in [0, 0.05) is 12.7 Å². The lowest BCUT2D eigenvalue weighted by atomic mass is 10.3. The molecule has 0 unspecified atom stereocenters. The van der Waals surface area contributed by atoms with Gasteiger partial charge in [0.1, 0.15) is 11.5 Å². The maximum atomic E-state index is 5.52. The lowest BCUT2D eigenvalue weighted by Gasteiger charge is -2.08. The smallest absolute Gasteiger partial charge is 0.117 e. The van der Waals surface area contributed by atoms with Crippen molar-refractivity contribution in [3.63, 3.8) is 0 Å². The Morgan fingerprint density at radius 1 is 1.26 bits per heavy atom. The Bertz CT molecular complexity index is 523. The molecule has 1 fully saturated rings. The van der Waals surface area contributed by atoms with Gasteiger partial charge in [-0.3, -0.25) is 4.68 Å². The van der Waals surface area contributed by atoms with E-state index in [0.29, 0.717) is 6.04 Å². The second-order valence-electron chi connectivity index (χ2n) is 5.34. The molecule has 0 bridgehead atoms. The molecule has 1 aliphatic carbocycles. The molecule has 102 valence electrons. The number of furan rings is 1. The Morgan fingerprint density at radius 2 is 2.11 bits per heavy atom. The summed E-state index contributed by atoms with van der Waals surface area (Å²) in [4.78, 5) is 0. The first-order valence-corrected chi connectivity index (χ1v) is 7.11. The topological polar surface area (TPSA) is 43.0 Å². The van der Waals surface area contributed by atoms with Gasteiger partial charge < -0.3 is 9.73 Å². The van der Waals surface area contributed by atoms with Gasteiger partial charge in [-0.1, -0.05) is 12.8 Å². The molecule has 0 aliphatic heterocycles. The molecule has 4 nitrogen and oxygen atoms in total. The van der Waals surface area contributed by atoms with Crippen LogP contribution in [0.25, 0.3) is 0 Å². The minimum Gasteiger partial charge on any atom is -0.465 e. The van der Waals surface area contributed by atoms with Gasteiger partial charge in [-0.15, -0.1) is 0 Å². The fourth-order valence-corrected chi connectivity index (χ4v) is 2.74. The van der Waals surface area contributed by atoms with Crippen LogP contribution in [0.2, 0.25) is 0 Å². The van der Waals surface area contributed by atoms with Gasteiger partial charge in [-0.25, -0.2) is 0 Å². The molecule has 1 aliphatic rings. The SMILES string of the molecule is Cc1ccc(CNCc2ccn(C3CCCC3)n2)o1. The van der Waals surface area contributed by atoms with Crippen molar-refractivity contribution in [1.82, 2.24) is 15.1 Å². The average molecular weight is 259 g/mol. The molecule has 0 atom stereocenters. The van der Waals surface area contributed by atoms with E-state index in [1.54, 1.807) is 0 Å². The van der Waals surface area contributed by atoms with Crippen LogP contribution in [0.15, 0.2) is 28.8 Å². The van der Waals surface area contributed by atoms with E-state index in [1.165, 1.54) is 25.7 Å². The van der Waals surface area contributed by atoms with Gasteiger partial charge >= 0.3 is 0 Å². The maximum absolute atomic E-state index is 5.52. The van der Waals surface area contributed by atoms with E-state index < -0.39 is 0 Å². The van der Waals surface area contributed by atoms with Crippen LogP contribution in [-0.2, 0) is 13.1 Å². The summed E-state index contributed by atoms with van der Waals surface area (Å²) >= 11 is 0. The quantitative estimate of drug-likeness (QED) is 0.896. The molecule has 0 amide bonds. The van der Waals surface area contributed by atoms with E-state index in [-0.39, 0.29) is 0 Å². The van der Waals surface area contributed by atoms with Gasteiger partial charge in [0.05, 0.1) is 18.3 Å². The van der Waals surface area contributed by atoms with E-state index in [4.69, 9.17) is 4.42 Å². The van der Waals surface area contributed by atoms with Crippen molar-refractivity contribution < 1.29 is 4.42 Å². The number of nitrogens with zero attached hydrogens (tertiary/aromatic N) is 2. The monoisotopic (exact) mass is 259 g/mol. The number of aromatic nitrogens is 2. The van der Waals surface area contributed by atoms with Gasteiger partial charge in [0.25, 0.3) is 0 Å². The molecule has 0 saturated heterocycles. The van der Waals surface area contributed by atoms with Crippen LogP contribution in [0.1, 0.15) is 48.9 Å². The van der Waals surface area contributed by atoms with Crippen molar-refractivity contribution in [2.45, 2.75) is 51.7 Å². The summed E-state index contributed by atoms with van der Waals surface area (Å²) < 4.78 is 7.66. The van der Waals surface area contributed by atoms with Gasteiger partial charge in [-0.2, -0.15) is 5.10 Å². The lowest BCUT2D eigenvalue weighted by Crippen LogP contribution is -2.13. The molecule has 0 radical (unpaired) electrons. The Labute approximate surface area is 113 Å². The predicted molar refractivity (Wildman–Crippen MR) is 73.7 cm³/mol. The molecule has 4 heteroatoms. The van der Waals surface area contributed by atoms with Gasteiger partial charge in [-0.05, 0) is 38.0 Å². The first kappa shape index (κ1) is 12.5. The number of hydrogen-bond acceptors (Lipinski definition) is 3. The molecule has 1 N–H and O–H groups in total. The van der Waals surface area contributed by atoms with Crippen LogP contribution in [0, 0.1) is 6.92 Å². The zero-order valence-corrected chi connectivity index (χ0v) is 11.4. The van der Waals surface area contributed by atoms with Crippen LogP contribution in [-0.4, -0.2) is 9.78 Å². The number of aryl methyl sites for hydroxylation is 1. The summed E-state index contributed by atoms with van der Waals surface area (Å²) in [5.74, 6) is 1.94. The van der Waals surface area contributed by atoms with Gasteiger partial charge in [0.2, 0.25) is 0 Å². The molecule has 2 aromatic rings. The van der Waals surface area contributed by atoms with Crippen molar-refractivity contribution >= 4 is 0 Å². The summed E-state index contributed by atoms with van der Waals surface area (Å²) in [6.07, 6.45) is 7.36. The minimum absolute atomic E-state index is 0.626. The van der Waals surface area contributed by atoms with E-state index in [9.17, 15) is 0 Å². The first-order valence-electron chi connectivity index (χ1n) is 7.11. The fraction of sp³-hybridized carbons (Fsp3) is 0.533. The lowest BCUT2D eigenvalue weighted by molar-refractivity contribution is 0.450. The van der Waals surface area contributed by atoms with Crippen molar-refractivity contribution in [3.8, 4) is 0 Å². The largest absolute Gasteiger partial charge is 0.465 e. The molecular weight excluding hydrogens is 238 g/mol. The summed E-state index contributed by atoms with van der Waals surface area (Å²) in [5.41, 5.74) is 1.11. The Morgan fingerprint density at radius 3 is 2.84 bits per heavy atom. The zero-order chi connectivity index (χ0) is 13.1. The van der Waals surface area contributed by atoms with Crippen molar-refractivity contribution in [2.24, 2.45) is 0 Å². The zero-order valence-electron chi connectivity index (χ0n) is 11.4. The van der Waals surface area contributed by atoms with Crippen LogP contribution in [0.3, 0.4) is 0 Å². The third kappa shape index (κ3) is 3.07. The van der Waals surface area contributed by atoms with E-state index in [1.807, 2.05) is 19.1 Å². The molecule has 19 heavy (non-hydrogen) atoms. The predicted octanol–water partition coefficient (Wildman–Crippen LogP) is 3.19. The average Bonchev–Trinajstić information content (AvgIpc) is 3.09.